The maximum absolute atomic E-state index is 5.71. The molecule has 0 aromatic carbocycles. The molecule has 0 amide bonds. The van der Waals surface area contributed by atoms with E-state index in [1.54, 1.807) is 6.07 Å². The van der Waals surface area contributed by atoms with Crippen LogP contribution in [0.15, 0.2) is 12.4 Å². The summed E-state index contributed by atoms with van der Waals surface area (Å²) in [6, 6.07) is 1.66. The summed E-state index contributed by atoms with van der Waals surface area (Å²) >= 11 is 5.71. The Bertz CT molecular complexity index is 314. The largest absolute Gasteiger partial charge is 0.378 e. The lowest BCUT2D eigenvalue weighted by atomic mass is 10.5. The van der Waals surface area contributed by atoms with Gasteiger partial charge in [0.15, 0.2) is 0 Å². The molecule has 1 aromatic rings. The van der Waals surface area contributed by atoms with Gasteiger partial charge in [-0.25, -0.2) is 9.97 Å². The highest BCUT2D eigenvalue weighted by Crippen LogP contribution is 2.07. The molecule has 0 aliphatic heterocycles. The number of nitrogens with zero attached hydrogens (tertiary/aromatic N) is 2. The van der Waals surface area contributed by atoms with Crippen LogP contribution in [0.4, 0.5) is 5.82 Å². The molecule has 0 unspecified atom stereocenters. The van der Waals surface area contributed by atoms with Crippen molar-refractivity contribution in [3.8, 4) is 0 Å². The van der Waals surface area contributed by atoms with Gasteiger partial charge in [0.1, 0.15) is 17.3 Å². The van der Waals surface area contributed by atoms with Gasteiger partial charge in [-0.2, -0.15) is 0 Å². The first-order valence-corrected chi connectivity index (χ1v) is 5.77. The van der Waals surface area contributed by atoms with Crippen molar-refractivity contribution in [3.05, 3.63) is 17.5 Å². The average Bonchev–Trinajstić information content (AvgIpc) is 2.33. The van der Waals surface area contributed by atoms with Gasteiger partial charge < -0.3 is 20.5 Å². The highest BCUT2D eigenvalue weighted by molar-refractivity contribution is 6.29. The molecule has 96 valence electrons. The minimum Gasteiger partial charge on any atom is -0.378 e. The summed E-state index contributed by atoms with van der Waals surface area (Å²) in [7, 11) is 0. The maximum Gasteiger partial charge on any atom is 0.134 e. The zero-order chi connectivity index (χ0) is 12.3. The van der Waals surface area contributed by atoms with Crippen LogP contribution >= 0.6 is 11.6 Å². The monoisotopic (exact) mass is 260 g/mol. The number of hydrogen-bond acceptors (Lipinski definition) is 6. The van der Waals surface area contributed by atoms with Crippen molar-refractivity contribution < 1.29 is 9.47 Å². The fourth-order valence-corrected chi connectivity index (χ4v) is 1.23. The molecular weight excluding hydrogens is 244 g/mol. The van der Waals surface area contributed by atoms with E-state index in [0.717, 1.165) is 0 Å². The van der Waals surface area contributed by atoms with E-state index >= 15 is 0 Å². The summed E-state index contributed by atoms with van der Waals surface area (Å²) in [6.45, 7) is 3.47. The Morgan fingerprint density at radius 3 is 2.65 bits per heavy atom. The predicted octanol–water partition coefficient (Wildman–Crippen LogP) is 0.534. The van der Waals surface area contributed by atoms with E-state index in [1.807, 2.05) is 0 Å². The maximum atomic E-state index is 5.71. The fourth-order valence-electron chi connectivity index (χ4n) is 1.09. The lowest BCUT2D eigenvalue weighted by Gasteiger charge is -2.06. The number of anilines is 1. The molecule has 6 nitrogen and oxygen atoms in total. The summed E-state index contributed by atoms with van der Waals surface area (Å²) in [6.07, 6.45) is 1.41. The van der Waals surface area contributed by atoms with Crippen molar-refractivity contribution in [3.63, 3.8) is 0 Å². The first kappa shape index (κ1) is 14.1. The molecule has 0 radical (unpaired) electrons. The molecule has 1 aromatic heterocycles. The SMILES string of the molecule is NCCOCCOCCNc1cc(Cl)ncn1. The van der Waals surface area contributed by atoms with E-state index in [1.165, 1.54) is 6.33 Å². The van der Waals surface area contributed by atoms with Crippen molar-refractivity contribution >= 4 is 17.4 Å². The van der Waals surface area contributed by atoms with E-state index in [2.05, 4.69) is 15.3 Å². The summed E-state index contributed by atoms with van der Waals surface area (Å²) < 4.78 is 10.5. The van der Waals surface area contributed by atoms with Crippen molar-refractivity contribution in [2.75, 3.05) is 44.8 Å². The Kier molecular flexibility index (Phi) is 7.57. The smallest absolute Gasteiger partial charge is 0.134 e. The molecule has 0 saturated heterocycles. The van der Waals surface area contributed by atoms with Gasteiger partial charge in [-0.05, 0) is 0 Å². The van der Waals surface area contributed by atoms with Crippen molar-refractivity contribution in [2.24, 2.45) is 5.73 Å². The second-order valence-corrected chi connectivity index (χ2v) is 3.55. The summed E-state index contributed by atoms with van der Waals surface area (Å²) in [5.74, 6) is 0.688. The third kappa shape index (κ3) is 7.06. The van der Waals surface area contributed by atoms with Crippen molar-refractivity contribution in [1.29, 1.82) is 0 Å². The van der Waals surface area contributed by atoms with Crippen LogP contribution < -0.4 is 11.1 Å². The van der Waals surface area contributed by atoms with Crippen LogP contribution in [0.3, 0.4) is 0 Å². The minimum absolute atomic E-state index is 0.415. The number of hydrogen-bond donors (Lipinski definition) is 2. The highest BCUT2D eigenvalue weighted by atomic mass is 35.5. The Balaban J connectivity index is 1.97. The van der Waals surface area contributed by atoms with E-state index in [-0.39, 0.29) is 0 Å². The summed E-state index contributed by atoms with van der Waals surface area (Å²) in [5, 5.41) is 3.48. The third-order valence-electron chi connectivity index (χ3n) is 1.82. The number of ether oxygens (including phenoxy) is 2. The van der Waals surface area contributed by atoms with Crippen LogP contribution in [0.1, 0.15) is 0 Å². The average molecular weight is 261 g/mol. The molecule has 0 aliphatic rings. The molecule has 0 atom stereocenters. The Morgan fingerprint density at radius 2 is 1.94 bits per heavy atom. The topological polar surface area (TPSA) is 82.3 Å². The molecule has 0 saturated carbocycles. The second kappa shape index (κ2) is 9.12. The summed E-state index contributed by atoms with van der Waals surface area (Å²) in [4.78, 5) is 7.78. The Labute approximate surface area is 105 Å². The van der Waals surface area contributed by atoms with E-state index in [0.29, 0.717) is 50.5 Å². The molecule has 0 fully saturated rings. The first-order chi connectivity index (χ1) is 8.33. The van der Waals surface area contributed by atoms with E-state index in [9.17, 15) is 0 Å². The lowest BCUT2D eigenvalue weighted by molar-refractivity contribution is 0.0547. The molecule has 3 N–H and O–H groups in total. The number of nitrogens with one attached hydrogen (secondary N) is 1. The van der Waals surface area contributed by atoms with Crippen LogP contribution in [0.5, 0.6) is 0 Å². The fraction of sp³-hybridized carbons (Fsp3) is 0.600. The second-order valence-electron chi connectivity index (χ2n) is 3.17. The van der Waals surface area contributed by atoms with E-state index in [4.69, 9.17) is 26.8 Å². The Morgan fingerprint density at radius 1 is 1.18 bits per heavy atom. The Hall–Kier alpha value is -0.950. The van der Waals surface area contributed by atoms with Gasteiger partial charge in [-0.1, -0.05) is 11.6 Å². The molecule has 0 spiro atoms. The van der Waals surface area contributed by atoms with Gasteiger partial charge in [0.05, 0.1) is 26.4 Å². The molecule has 0 bridgehead atoms. The van der Waals surface area contributed by atoms with Crippen LogP contribution in [0, 0.1) is 0 Å². The van der Waals surface area contributed by atoms with Gasteiger partial charge in [-0.15, -0.1) is 0 Å². The molecular formula is C10H17ClN4O2. The minimum atomic E-state index is 0.415. The first-order valence-electron chi connectivity index (χ1n) is 5.40. The number of rotatable bonds is 9. The number of halogens is 1. The van der Waals surface area contributed by atoms with Gasteiger partial charge >= 0.3 is 0 Å². The van der Waals surface area contributed by atoms with Gasteiger partial charge in [0.25, 0.3) is 0 Å². The normalized spacial score (nSPS) is 10.5. The van der Waals surface area contributed by atoms with E-state index < -0.39 is 0 Å². The van der Waals surface area contributed by atoms with Crippen molar-refractivity contribution in [2.45, 2.75) is 0 Å². The molecule has 0 aliphatic carbocycles. The highest BCUT2D eigenvalue weighted by Gasteiger charge is 1.95. The zero-order valence-electron chi connectivity index (χ0n) is 9.56. The predicted molar refractivity (Wildman–Crippen MR) is 66.2 cm³/mol. The number of aromatic nitrogens is 2. The van der Waals surface area contributed by atoms with Crippen LogP contribution in [0.2, 0.25) is 5.15 Å². The van der Waals surface area contributed by atoms with Gasteiger partial charge in [-0.3, -0.25) is 0 Å². The van der Waals surface area contributed by atoms with Crippen molar-refractivity contribution in [1.82, 2.24) is 9.97 Å². The lowest BCUT2D eigenvalue weighted by Crippen LogP contribution is -2.15. The molecule has 1 heterocycles. The number of nitrogens with two attached hydrogens (primary N) is 1. The van der Waals surface area contributed by atoms with Gasteiger partial charge in [0, 0.05) is 19.2 Å². The summed E-state index contributed by atoms with van der Waals surface area (Å²) in [5.41, 5.74) is 5.27. The van der Waals surface area contributed by atoms with Crippen LogP contribution in [-0.2, 0) is 9.47 Å². The van der Waals surface area contributed by atoms with Gasteiger partial charge in [0.2, 0.25) is 0 Å². The molecule has 17 heavy (non-hydrogen) atoms. The quantitative estimate of drug-likeness (QED) is 0.498. The molecule has 1 rings (SSSR count). The molecule has 7 heteroatoms. The standard InChI is InChI=1S/C10H17ClN4O2/c11-9-7-10(15-8-14-9)13-2-4-17-6-5-16-3-1-12/h7-8H,1-6,12H2,(H,13,14,15). The zero-order valence-corrected chi connectivity index (χ0v) is 10.3. The third-order valence-corrected chi connectivity index (χ3v) is 2.03. The van der Waals surface area contributed by atoms with Crippen LogP contribution in [0.25, 0.3) is 0 Å². The van der Waals surface area contributed by atoms with Crippen LogP contribution in [-0.4, -0.2) is 49.5 Å².